The predicted molar refractivity (Wildman–Crippen MR) is 83.9 cm³/mol. The molecule has 1 N–H and O–H groups in total. The molecular weight excluding hydrogens is 280 g/mol. The average molecular weight is 298 g/mol. The topological polar surface area (TPSA) is 66.6 Å². The number of nitrogens with zero attached hydrogens (tertiary/aromatic N) is 2. The van der Waals surface area contributed by atoms with Crippen LogP contribution in [0, 0.1) is 10.1 Å². The molecule has 1 heterocycles. The maximum absolute atomic E-state index is 11.1. The van der Waals surface area contributed by atoms with E-state index in [4.69, 9.17) is 0 Å². The normalized spacial score (nSPS) is 15.1. The molecule has 0 saturated carbocycles. The van der Waals surface area contributed by atoms with Crippen molar-refractivity contribution in [1.29, 1.82) is 0 Å². The third-order valence-corrected chi connectivity index (χ3v) is 4.17. The molecule has 2 aromatic rings. The number of hydrogen-bond acceptors (Lipinski definition) is 4. The quantitative estimate of drug-likeness (QED) is 0.699. The second-order valence-corrected chi connectivity index (χ2v) is 5.61. The van der Waals surface area contributed by atoms with E-state index < -0.39 is 0 Å². The van der Waals surface area contributed by atoms with Crippen molar-refractivity contribution in [2.45, 2.75) is 19.4 Å². The zero-order valence-corrected chi connectivity index (χ0v) is 12.2. The summed E-state index contributed by atoms with van der Waals surface area (Å²) < 4.78 is 0. The molecule has 5 nitrogen and oxygen atoms in total. The summed E-state index contributed by atoms with van der Waals surface area (Å²) >= 11 is 0. The Kier molecular flexibility index (Phi) is 4.06. The second-order valence-electron chi connectivity index (χ2n) is 5.61. The lowest BCUT2D eigenvalue weighted by atomic mass is 10.0. The number of hydrogen-bond donors (Lipinski definition) is 1. The zero-order chi connectivity index (χ0) is 15.5. The van der Waals surface area contributed by atoms with E-state index in [-0.39, 0.29) is 16.4 Å². The molecule has 0 fully saturated rings. The fourth-order valence-electron chi connectivity index (χ4n) is 2.99. The van der Waals surface area contributed by atoms with E-state index in [1.54, 1.807) is 0 Å². The third kappa shape index (κ3) is 3.09. The first-order chi connectivity index (χ1) is 10.6. The van der Waals surface area contributed by atoms with E-state index in [2.05, 4.69) is 29.2 Å². The van der Waals surface area contributed by atoms with Crippen LogP contribution in [0.2, 0.25) is 0 Å². The van der Waals surface area contributed by atoms with Crippen LogP contribution in [0.5, 0.6) is 5.75 Å². The van der Waals surface area contributed by atoms with Crippen LogP contribution in [0.1, 0.15) is 16.7 Å². The van der Waals surface area contributed by atoms with Crippen LogP contribution in [0.4, 0.5) is 5.69 Å². The fraction of sp³-hybridized carbons (Fsp3) is 0.294. The molecule has 1 aliphatic rings. The molecule has 0 aromatic heterocycles. The van der Waals surface area contributed by atoms with Gasteiger partial charge < -0.3 is 5.11 Å². The summed E-state index contributed by atoms with van der Waals surface area (Å²) in [7, 11) is 0. The minimum absolute atomic E-state index is 0.0682. The van der Waals surface area contributed by atoms with Gasteiger partial charge in [-0.1, -0.05) is 24.3 Å². The minimum atomic E-state index is -0.388. The summed E-state index contributed by atoms with van der Waals surface area (Å²) in [6, 6.07) is 12.6. The Morgan fingerprint density at radius 1 is 1.09 bits per heavy atom. The lowest BCUT2D eigenvalue weighted by molar-refractivity contribution is -0.385. The molecule has 0 unspecified atom stereocenters. The smallest absolute Gasteiger partial charge is 0.274 e. The lowest BCUT2D eigenvalue weighted by Gasteiger charge is -2.19. The second kappa shape index (κ2) is 6.15. The number of rotatable bonds is 3. The molecule has 0 atom stereocenters. The van der Waals surface area contributed by atoms with Crippen LogP contribution in [0.15, 0.2) is 42.5 Å². The average Bonchev–Trinajstić information content (AvgIpc) is 2.70. The number of aromatic hydroxyl groups is 1. The Balaban J connectivity index is 1.78. The van der Waals surface area contributed by atoms with E-state index in [1.165, 1.54) is 29.3 Å². The van der Waals surface area contributed by atoms with E-state index in [0.29, 0.717) is 12.1 Å². The molecule has 22 heavy (non-hydrogen) atoms. The Morgan fingerprint density at radius 3 is 2.32 bits per heavy atom. The van der Waals surface area contributed by atoms with Crippen molar-refractivity contribution in [3.63, 3.8) is 0 Å². The molecule has 0 spiro atoms. The molecular formula is C17H18N2O3. The maximum atomic E-state index is 11.1. The highest BCUT2D eigenvalue weighted by atomic mass is 16.6. The Bertz CT molecular complexity index is 673. The number of phenolic OH excluding ortho intramolecular Hbond substituents is 1. The number of nitro benzene ring substituents is 1. The van der Waals surface area contributed by atoms with E-state index in [9.17, 15) is 15.2 Å². The van der Waals surface area contributed by atoms with Gasteiger partial charge in [0, 0.05) is 31.3 Å². The van der Waals surface area contributed by atoms with Gasteiger partial charge in [0.15, 0.2) is 0 Å². The predicted octanol–water partition coefficient (Wildman–Crippen LogP) is 2.90. The van der Waals surface area contributed by atoms with Crippen LogP contribution >= 0.6 is 0 Å². The van der Waals surface area contributed by atoms with E-state index in [0.717, 1.165) is 25.9 Å². The van der Waals surface area contributed by atoms with E-state index in [1.807, 2.05) is 0 Å². The molecule has 0 radical (unpaired) electrons. The molecule has 3 rings (SSSR count). The van der Waals surface area contributed by atoms with Gasteiger partial charge in [0.1, 0.15) is 5.75 Å². The van der Waals surface area contributed by atoms with Gasteiger partial charge in [-0.05, 0) is 36.1 Å². The van der Waals surface area contributed by atoms with Crippen molar-refractivity contribution in [3.05, 3.63) is 69.3 Å². The highest BCUT2D eigenvalue weighted by Crippen LogP contribution is 2.25. The summed E-state index contributed by atoms with van der Waals surface area (Å²) in [5.74, 6) is 0.0682. The van der Waals surface area contributed by atoms with Crippen molar-refractivity contribution >= 4 is 5.69 Å². The zero-order valence-electron chi connectivity index (χ0n) is 12.2. The molecule has 114 valence electrons. The molecule has 1 aliphatic heterocycles. The molecule has 5 heteroatoms. The van der Waals surface area contributed by atoms with Crippen LogP contribution in [0.3, 0.4) is 0 Å². The van der Waals surface area contributed by atoms with Crippen LogP contribution in [-0.4, -0.2) is 28.0 Å². The van der Waals surface area contributed by atoms with Gasteiger partial charge in [-0.2, -0.15) is 0 Å². The number of fused-ring (bicyclic) bond motifs is 1. The summed E-state index contributed by atoms with van der Waals surface area (Å²) in [6.07, 6.45) is 1.89. The van der Waals surface area contributed by atoms with E-state index >= 15 is 0 Å². The van der Waals surface area contributed by atoms with Crippen molar-refractivity contribution in [2.75, 3.05) is 13.1 Å². The summed E-state index contributed by atoms with van der Waals surface area (Å²) in [4.78, 5) is 12.9. The van der Waals surface area contributed by atoms with Gasteiger partial charge in [-0.25, -0.2) is 0 Å². The standard InChI is InChI=1S/C17H18N2O3/c20-16-5-6-17(19(21)22)15(11-16)12-18-9-7-13-3-1-2-4-14(13)8-10-18/h1-6,11,20H,7-10,12H2. The maximum Gasteiger partial charge on any atom is 0.274 e. The van der Waals surface area contributed by atoms with Crippen molar-refractivity contribution in [3.8, 4) is 5.75 Å². The molecule has 0 amide bonds. The van der Waals surface area contributed by atoms with Gasteiger partial charge in [0.2, 0.25) is 0 Å². The van der Waals surface area contributed by atoms with Crippen LogP contribution in [0.25, 0.3) is 0 Å². The Labute approximate surface area is 129 Å². The highest BCUT2D eigenvalue weighted by Gasteiger charge is 2.19. The van der Waals surface area contributed by atoms with Crippen LogP contribution in [-0.2, 0) is 19.4 Å². The van der Waals surface area contributed by atoms with Gasteiger partial charge in [0.05, 0.1) is 4.92 Å². The summed E-state index contributed by atoms with van der Waals surface area (Å²) in [5, 5.41) is 20.7. The molecule has 2 aromatic carbocycles. The fourth-order valence-corrected chi connectivity index (χ4v) is 2.99. The molecule has 0 saturated heterocycles. The number of phenols is 1. The highest BCUT2D eigenvalue weighted by molar-refractivity contribution is 5.44. The summed E-state index contributed by atoms with van der Waals surface area (Å²) in [6.45, 7) is 2.21. The first kappa shape index (κ1) is 14.5. The van der Waals surface area contributed by atoms with Gasteiger partial charge in [-0.15, -0.1) is 0 Å². The number of nitro groups is 1. The van der Waals surface area contributed by atoms with Gasteiger partial charge in [0.25, 0.3) is 5.69 Å². The third-order valence-electron chi connectivity index (χ3n) is 4.17. The number of benzene rings is 2. The Morgan fingerprint density at radius 2 is 1.73 bits per heavy atom. The lowest BCUT2D eigenvalue weighted by Crippen LogP contribution is -2.26. The van der Waals surface area contributed by atoms with Crippen LogP contribution < -0.4 is 0 Å². The minimum Gasteiger partial charge on any atom is -0.508 e. The largest absolute Gasteiger partial charge is 0.508 e. The van der Waals surface area contributed by atoms with Crippen molar-refractivity contribution in [1.82, 2.24) is 4.90 Å². The van der Waals surface area contributed by atoms with Crippen molar-refractivity contribution in [2.24, 2.45) is 0 Å². The first-order valence-electron chi connectivity index (χ1n) is 7.39. The monoisotopic (exact) mass is 298 g/mol. The Hall–Kier alpha value is -2.40. The van der Waals surface area contributed by atoms with Gasteiger partial charge >= 0.3 is 0 Å². The summed E-state index contributed by atoms with van der Waals surface area (Å²) in [5.41, 5.74) is 3.35. The SMILES string of the molecule is O=[N+]([O-])c1ccc(O)cc1CN1CCc2ccccc2CC1. The van der Waals surface area contributed by atoms with Crippen molar-refractivity contribution < 1.29 is 10.0 Å². The first-order valence-corrected chi connectivity index (χ1v) is 7.39. The van der Waals surface area contributed by atoms with Gasteiger partial charge in [-0.3, -0.25) is 15.0 Å². The molecule has 0 aliphatic carbocycles. The molecule has 0 bridgehead atoms.